The number of nitrogens with one attached hydrogen (secondary N) is 1. The minimum absolute atomic E-state index is 0.0407. The first-order chi connectivity index (χ1) is 15.0. The van der Waals surface area contributed by atoms with E-state index in [9.17, 15) is 9.59 Å². The van der Waals surface area contributed by atoms with Gasteiger partial charge in [-0.3, -0.25) is 4.79 Å². The number of esters is 1. The third-order valence-electron chi connectivity index (χ3n) is 4.40. The van der Waals surface area contributed by atoms with Gasteiger partial charge in [-0.05, 0) is 49.4 Å². The Morgan fingerprint density at radius 2 is 2.00 bits per heavy atom. The molecule has 0 bridgehead atoms. The summed E-state index contributed by atoms with van der Waals surface area (Å²) in [5, 5.41) is 11.5. The van der Waals surface area contributed by atoms with E-state index in [0.29, 0.717) is 34.1 Å². The molecule has 0 fully saturated rings. The highest BCUT2D eigenvalue weighted by molar-refractivity contribution is 6.30. The average molecular weight is 444 g/mol. The Morgan fingerprint density at radius 3 is 2.68 bits per heavy atom. The molecule has 9 heteroatoms. The monoisotopic (exact) mass is 443 g/mol. The smallest absolute Gasteiger partial charge is 0.337 e. The Labute approximate surface area is 184 Å². The summed E-state index contributed by atoms with van der Waals surface area (Å²) in [7, 11) is 1.56. The highest BCUT2D eigenvalue weighted by atomic mass is 35.5. The SMILES string of the molecule is CCOC(=O)C(N=Nc1cccc(Cl)c1)C1=C(C(=O)Nc2ccc(OC)cc2)OCC1. The van der Waals surface area contributed by atoms with Crippen molar-refractivity contribution < 1.29 is 23.8 Å². The molecule has 0 aromatic heterocycles. The van der Waals surface area contributed by atoms with E-state index < -0.39 is 17.9 Å². The van der Waals surface area contributed by atoms with Crippen LogP contribution in [0.4, 0.5) is 11.4 Å². The van der Waals surface area contributed by atoms with Crippen molar-refractivity contribution in [1.82, 2.24) is 0 Å². The Bertz CT molecular complexity index is 1000. The van der Waals surface area contributed by atoms with E-state index in [-0.39, 0.29) is 19.0 Å². The number of hydrogen-bond donors (Lipinski definition) is 1. The molecule has 1 heterocycles. The summed E-state index contributed by atoms with van der Waals surface area (Å²) >= 11 is 5.98. The number of azo groups is 1. The molecule has 1 atom stereocenters. The van der Waals surface area contributed by atoms with E-state index in [1.807, 2.05) is 0 Å². The van der Waals surface area contributed by atoms with Gasteiger partial charge in [0, 0.05) is 22.7 Å². The van der Waals surface area contributed by atoms with Crippen LogP contribution in [0.5, 0.6) is 5.75 Å². The van der Waals surface area contributed by atoms with Crippen molar-refractivity contribution in [1.29, 1.82) is 0 Å². The first-order valence-corrected chi connectivity index (χ1v) is 10.0. The summed E-state index contributed by atoms with van der Waals surface area (Å²) in [5.74, 6) is -0.383. The largest absolute Gasteiger partial charge is 0.497 e. The maximum Gasteiger partial charge on any atom is 0.337 e. The summed E-state index contributed by atoms with van der Waals surface area (Å²) in [4.78, 5) is 25.4. The van der Waals surface area contributed by atoms with Gasteiger partial charge < -0.3 is 19.5 Å². The summed E-state index contributed by atoms with van der Waals surface area (Å²) in [5.41, 5.74) is 1.45. The number of benzene rings is 2. The second-order valence-corrected chi connectivity index (χ2v) is 6.92. The Balaban J connectivity index is 1.86. The Hall–Kier alpha value is -3.39. The van der Waals surface area contributed by atoms with Gasteiger partial charge in [0.1, 0.15) is 5.75 Å². The molecule has 0 radical (unpaired) electrons. The molecule has 2 aromatic carbocycles. The van der Waals surface area contributed by atoms with Crippen molar-refractivity contribution in [3.8, 4) is 5.75 Å². The number of ether oxygens (including phenoxy) is 3. The predicted octanol–water partition coefficient (Wildman–Crippen LogP) is 4.68. The zero-order valence-electron chi connectivity index (χ0n) is 17.1. The minimum atomic E-state index is -1.10. The van der Waals surface area contributed by atoms with Crippen LogP contribution < -0.4 is 10.1 Å². The van der Waals surface area contributed by atoms with Gasteiger partial charge in [0.25, 0.3) is 5.91 Å². The number of amides is 1. The second-order valence-electron chi connectivity index (χ2n) is 6.49. The quantitative estimate of drug-likeness (QED) is 0.472. The molecular formula is C22H22ClN3O5. The summed E-state index contributed by atoms with van der Waals surface area (Å²) in [6, 6.07) is 12.5. The zero-order chi connectivity index (χ0) is 22.2. The number of halogens is 1. The maximum atomic E-state index is 12.8. The molecule has 162 valence electrons. The van der Waals surface area contributed by atoms with Gasteiger partial charge in [-0.2, -0.15) is 10.2 Å². The topological polar surface area (TPSA) is 98.6 Å². The van der Waals surface area contributed by atoms with E-state index in [1.54, 1.807) is 62.6 Å². The van der Waals surface area contributed by atoms with Gasteiger partial charge in [0.15, 0.2) is 11.8 Å². The van der Waals surface area contributed by atoms with E-state index in [1.165, 1.54) is 0 Å². The van der Waals surface area contributed by atoms with Crippen LogP contribution in [0.15, 0.2) is 70.1 Å². The van der Waals surface area contributed by atoms with Gasteiger partial charge >= 0.3 is 5.97 Å². The minimum Gasteiger partial charge on any atom is -0.497 e. The Morgan fingerprint density at radius 1 is 1.23 bits per heavy atom. The lowest BCUT2D eigenvalue weighted by Gasteiger charge is -2.13. The number of carbonyl (C=O) groups is 2. The van der Waals surface area contributed by atoms with Crippen molar-refractivity contribution in [2.45, 2.75) is 19.4 Å². The molecule has 2 aromatic rings. The van der Waals surface area contributed by atoms with Crippen LogP contribution in [-0.2, 0) is 19.1 Å². The van der Waals surface area contributed by atoms with Gasteiger partial charge in [-0.15, -0.1) is 0 Å². The molecule has 3 rings (SSSR count). The van der Waals surface area contributed by atoms with Crippen molar-refractivity contribution in [2.24, 2.45) is 10.2 Å². The lowest BCUT2D eigenvalue weighted by molar-refractivity contribution is -0.143. The lowest BCUT2D eigenvalue weighted by atomic mass is 10.0. The molecule has 0 spiro atoms. The fraction of sp³-hybridized carbons (Fsp3) is 0.273. The number of nitrogens with zero attached hydrogens (tertiary/aromatic N) is 2. The average Bonchev–Trinajstić information content (AvgIpc) is 3.24. The fourth-order valence-electron chi connectivity index (χ4n) is 2.95. The summed E-state index contributed by atoms with van der Waals surface area (Å²) in [6.07, 6.45) is 0.351. The first-order valence-electron chi connectivity index (χ1n) is 9.66. The predicted molar refractivity (Wildman–Crippen MR) is 116 cm³/mol. The molecule has 1 N–H and O–H groups in total. The third-order valence-corrected chi connectivity index (χ3v) is 4.64. The van der Waals surface area contributed by atoms with E-state index in [2.05, 4.69) is 15.5 Å². The van der Waals surface area contributed by atoms with Crippen LogP contribution in [-0.4, -0.2) is 38.2 Å². The van der Waals surface area contributed by atoms with Crippen LogP contribution in [0.25, 0.3) is 0 Å². The van der Waals surface area contributed by atoms with Gasteiger partial charge in [0.2, 0.25) is 0 Å². The van der Waals surface area contributed by atoms with Crippen molar-refractivity contribution in [3.63, 3.8) is 0 Å². The second kappa shape index (κ2) is 10.6. The summed E-state index contributed by atoms with van der Waals surface area (Å²) in [6.45, 7) is 2.12. The molecule has 1 unspecified atom stereocenters. The molecule has 1 amide bonds. The molecule has 8 nitrogen and oxygen atoms in total. The fourth-order valence-corrected chi connectivity index (χ4v) is 3.13. The van der Waals surface area contributed by atoms with E-state index in [0.717, 1.165) is 0 Å². The molecular weight excluding hydrogens is 422 g/mol. The number of rotatable bonds is 8. The zero-order valence-corrected chi connectivity index (χ0v) is 17.9. The molecule has 0 saturated heterocycles. The van der Waals surface area contributed by atoms with E-state index >= 15 is 0 Å². The summed E-state index contributed by atoms with van der Waals surface area (Å²) < 4.78 is 15.8. The molecule has 0 aliphatic carbocycles. The van der Waals surface area contributed by atoms with Crippen molar-refractivity contribution in [2.75, 3.05) is 25.6 Å². The number of carbonyl (C=O) groups excluding carboxylic acids is 2. The molecule has 1 aliphatic heterocycles. The Kier molecular flexibility index (Phi) is 7.61. The molecule has 0 saturated carbocycles. The van der Waals surface area contributed by atoms with Crippen LogP contribution in [0, 0.1) is 0 Å². The number of methoxy groups -OCH3 is 1. The van der Waals surface area contributed by atoms with Crippen LogP contribution in [0.2, 0.25) is 5.02 Å². The first kappa shape index (κ1) is 22.3. The van der Waals surface area contributed by atoms with Crippen molar-refractivity contribution >= 4 is 34.9 Å². The highest BCUT2D eigenvalue weighted by Crippen LogP contribution is 2.28. The van der Waals surface area contributed by atoms with E-state index in [4.69, 9.17) is 25.8 Å². The standard InChI is InChI=1S/C22H22ClN3O5/c1-3-30-22(28)19(26-25-16-6-4-5-14(23)13-16)18-11-12-31-20(18)21(27)24-15-7-9-17(29-2)10-8-15/h4-10,13,19H,3,11-12H2,1-2H3,(H,24,27). The highest BCUT2D eigenvalue weighted by Gasteiger charge is 2.34. The normalized spacial score (nSPS) is 14.3. The van der Waals surface area contributed by atoms with Gasteiger partial charge in [0.05, 0.1) is 26.0 Å². The van der Waals surface area contributed by atoms with Gasteiger partial charge in [-0.1, -0.05) is 17.7 Å². The molecule has 31 heavy (non-hydrogen) atoms. The lowest BCUT2D eigenvalue weighted by Crippen LogP contribution is -2.26. The van der Waals surface area contributed by atoms with Crippen LogP contribution >= 0.6 is 11.6 Å². The van der Waals surface area contributed by atoms with Crippen LogP contribution in [0.1, 0.15) is 13.3 Å². The van der Waals surface area contributed by atoms with Crippen LogP contribution in [0.3, 0.4) is 0 Å². The number of anilines is 1. The molecule has 1 aliphatic rings. The maximum absolute atomic E-state index is 12.8. The third kappa shape index (κ3) is 5.82. The van der Waals surface area contributed by atoms with Gasteiger partial charge in [-0.25, -0.2) is 4.79 Å². The van der Waals surface area contributed by atoms with Crippen molar-refractivity contribution in [3.05, 3.63) is 64.9 Å². The number of hydrogen-bond acceptors (Lipinski definition) is 7.